The number of carbonyl (C=O) groups is 1. The maximum Gasteiger partial charge on any atom is 0.265 e. The fourth-order valence-electron chi connectivity index (χ4n) is 3.13. The number of fused-ring (bicyclic) bond motifs is 1. The van der Waals surface area contributed by atoms with E-state index < -0.39 is 0 Å². The molecule has 5 rings (SSSR count). The lowest BCUT2D eigenvalue weighted by Gasteiger charge is -2.08. The Morgan fingerprint density at radius 2 is 1.87 bits per heavy atom. The number of hydrogen-bond donors (Lipinski definition) is 1. The number of thiophene rings is 1. The molecule has 5 aromatic rings. The first-order chi connectivity index (χ1) is 15.2. The average molecular weight is 427 g/mol. The Kier molecular flexibility index (Phi) is 4.89. The van der Waals surface area contributed by atoms with Gasteiger partial charge in [0.1, 0.15) is 11.6 Å². The molecular formula is C23H17N5O2S. The van der Waals surface area contributed by atoms with Gasteiger partial charge in [0, 0.05) is 28.8 Å². The molecule has 0 aliphatic rings. The highest BCUT2D eigenvalue weighted by molar-refractivity contribution is 7.20. The van der Waals surface area contributed by atoms with Crippen molar-refractivity contribution in [3.05, 3.63) is 89.8 Å². The fraction of sp³-hybridized carbons (Fsp3) is 0.0435. The first-order valence-corrected chi connectivity index (χ1v) is 10.4. The third-order valence-electron chi connectivity index (χ3n) is 4.68. The highest BCUT2D eigenvalue weighted by atomic mass is 32.1. The molecule has 31 heavy (non-hydrogen) atoms. The summed E-state index contributed by atoms with van der Waals surface area (Å²) in [5.74, 6) is 2.34. The lowest BCUT2D eigenvalue weighted by molar-refractivity contribution is 0.103. The maximum absolute atomic E-state index is 12.6. The molecule has 0 aliphatic heterocycles. The van der Waals surface area contributed by atoms with Crippen LogP contribution in [0, 0.1) is 6.92 Å². The highest BCUT2D eigenvalue weighted by Crippen LogP contribution is 2.27. The molecule has 0 unspecified atom stereocenters. The van der Waals surface area contributed by atoms with Gasteiger partial charge in [-0.25, -0.2) is 4.98 Å². The number of anilines is 1. The molecule has 0 bridgehead atoms. The maximum atomic E-state index is 12.6. The monoisotopic (exact) mass is 427 g/mol. The Bertz CT molecular complexity index is 1320. The summed E-state index contributed by atoms with van der Waals surface area (Å²) in [4.78, 5) is 17.4. The van der Waals surface area contributed by atoms with Crippen LogP contribution in [0.15, 0.2) is 79.1 Å². The minimum Gasteiger partial charge on any atom is -0.438 e. The predicted octanol–water partition coefficient (Wildman–Crippen LogP) is 5.23. The van der Waals surface area contributed by atoms with Crippen LogP contribution in [0.1, 0.15) is 15.5 Å². The second-order valence-corrected chi connectivity index (χ2v) is 7.89. The minimum absolute atomic E-state index is 0.133. The Balaban J connectivity index is 1.24. The van der Waals surface area contributed by atoms with Gasteiger partial charge < -0.3 is 10.1 Å². The van der Waals surface area contributed by atoms with Crippen LogP contribution in [-0.4, -0.2) is 25.7 Å². The van der Waals surface area contributed by atoms with Crippen LogP contribution in [0.4, 0.5) is 5.69 Å². The van der Waals surface area contributed by atoms with Crippen LogP contribution < -0.4 is 10.1 Å². The van der Waals surface area contributed by atoms with E-state index in [9.17, 15) is 4.79 Å². The molecule has 152 valence electrons. The normalized spacial score (nSPS) is 10.9. The number of imidazole rings is 1. The molecule has 0 radical (unpaired) electrons. The van der Waals surface area contributed by atoms with Crippen molar-refractivity contribution in [2.24, 2.45) is 0 Å². The van der Waals surface area contributed by atoms with E-state index in [1.54, 1.807) is 36.5 Å². The largest absolute Gasteiger partial charge is 0.438 e. The van der Waals surface area contributed by atoms with Crippen LogP contribution in [0.25, 0.3) is 15.9 Å². The molecular weight excluding hydrogens is 410 g/mol. The summed E-state index contributed by atoms with van der Waals surface area (Å²) in [5, 5.41) is 12.3. The quantitative estimate of drug-likeness (QED) is 0.415. The second kappa shape index (κ2) is 8.00. The third kappa shape index (κ3) is 4.01. The Hall–Kier alpha value is -4.04. The van der Waals surface area contributed by atoms with Gasteiger partial charge in [-0.3, -0.25) is 9.36 Å². The van der Waals surface area contributed by atoms with Gasteiger partial charge in [-0.15, -0.1) is 21.5 Å². The molecule has 7 nitrogen and oxygen atoms in total. The van der Waals surface area contributed by atoms with E-state index in [-0.39, 0.29) is 5.91 Å². The molecule has 0 aliphatic carbocycles. The van der Waals surface area contributed by atoms with Crippen molar-refractivity contribution in [2.75, 3.05) is 5.32 Å². The predicted molar refractivity (Wildman–Crippen MR) is 120 cm³/mol. The van der Waals surface area contributed by atoms with E-state index in [1.165, 1.54) is 11.3 Å². The van der Waals surface area contributed by atoms with Crippen LogP contribution in [0.2, 0.25) is 0 Å². The lowest BCUT2D eigenvalue weighted by Crippen LogP contribution is -2.09. The van der Waals surface area contributed by atoms with Crippen molar-refractivity contribution in [3.63, 3.8) is 0 Å². The van der Waals surface area contributed by atoms with Crippen molar-refractivity contribution in [1.82, 2.24) is 19.7 Å². The van der Waals surface area contributed by atoms with E-state index in [2.05, 4.69) is 20.5 Å². The van der Waals surface area contributed by atoms with Gasteiger partial charge in [0.25, 0.3) is 5.91 Å². The van der Waals surface area contributed by atoms with Crippen LogP contribution in [0.5, 0.6) is 11.6 Å². The highest BCUT2D eigenvalue weighted by Gasteiger charge is 2.11. The summed E-state index contributed by atoms with van der Waals surface area (Å²) >= 11 is 1.47. The van der Waals surface area contributed by atoms with Crippen LogP contribution in [0.3, 0.4) is 0 Å². The zero-order valence-corrected chi connectivity index (χ0v) is 17.3. The molecule has 0 saturated heterocycles. The molecule has 2 aromatic carbocycles. The van der Waals surface area contributed by atoms with Crippen molar-refractivity contribution in [3.8, 4) is 17.4 Å². The Morgan fingerprint density at radius 1 is 1.03 bits per heavy atom. The Morgan fingerprint density at radius 3 is 2.58 bits per heavy atom. The van der Waals surface area contributed by atoms with Gasteiger partial charge in [0.15, 0.2) is 5.82 Å². The summed E-state index contributed by atoms with van der Waals surface area (Å²) in [5.41, 5.74) is 0.687. The molecule has 0 atom stereocenters. The molecule has 0 saturated carbocycles. The molecule has 0 spiro atoms. The summed E-state index contributed by atoms with van der Waals surface area (Å²) in [6.07, 6.45) is 3.54. The van der Waals surface area contributed by atoms with E-state index in [0.29, 0.717) is 28.0 Å². The summed E-state index contributed by atoms with van der Waals surface area (Å²) in [7, 11) is 0. The van der Waals surface area contributed by atoms with E-state index >= 15 is 0 Å². The standard InChI is InChI=1S/C23H17N5O2S/c1-15-24-12-13-28(15)21-10-11-22(27-26-21)30-18-8-6-17(7-9-18)25-23(29)20-14-16-4-2-3-5-19(16)31-20/h2-14H,1H3,(H,25,29). The number of amides is 1. The summed E-state index contributed by atoms with van der Waals surface area (Å²) < 4.78 is 8.68. The number of ether oxygens (including phenoxy) is 1. The van der Waals surface area contributed by atoms with Crippen molar-refractivity contribution < 1.29 is 9.53 Å². The molecule has 3 aromatic heterocycles. The molecule has 1 amide bonds. The number of rotatable bonds is 5. The molecule has 1 N–H and O–H groups in total. The number of aromatic nitrogens is 4. The fourth-order valence-corrected chi connectivity index (χ4v) is 4.09. The van der Waals surface area contributed by atoms with Crippen LogP contribution >= 0.6 is 11.3 Å². The number of hydrogen-bond acceptors (Lipinski definition) is 6. The SMILES string of the molecule is Cc1nccn1-c1ccc(Oc2ccc(NC(=O)c3cc4ccccc4s3)cc2)nn1. The average Bonchev–Trinajstić information content (AvgIpc) is 3.42. The van der Waals surface area contributed by atoms with E-state index in [4.69, 9.17) is 4.74 Å². The van der Waals surface area contributed by atoms with Gasteiger partial charge in [-0.2, -0.15) is 0 Å². The number of nitrogens with zero attached hydrogens (tertiary/aromatic N) is 4. The van der Waals surface area contributed by atoms with Crippen LogP contribution in [-0.2, 0) is 0 Å². The number of carbonyl (C=O) groups excluding carboxylic acids is 1. The smallest absolute Gasteiger partial charge is 0.265 e. The second-order valence-electron chi connectivity index (χ2n) is 6.80. The number of nitrogens with one attached hydrogen (secondary N) is 1. The van der Waals surface area contributed by atoms with E-state index in [1.807, 2.05) is 54.1 Å². The minimum atomic E-state index is -0.133. The first-order valence-electron chi connectivity index (χ1n) is 9.58. The molecule has 0 fully saturated rings. The van der Waals surface area contributed by atoms with Crippen molar-refractivity contribution in [2.45, 2.75) is 6.92 Å². The first kappa shape index (κ1) is 19.0. The summed E-state index contributed by atoms with van der Waals surface area (Å²) in [6.45, 7) is 1.90. The van der Waals surface area contributed by atoms with Crippen molar-refractivity contribution >= 4 is 33.0 Å². The van der Waals surface area contributed by atoms with Gasteiger partial charge >= 0.3 is 0 Å². The zero-order valence-electron chi connectivity index (χ0n) is 16.5. The van der Waals surface area contributed by atoms with Crippen molar-refractivity contribution in [1.29, 1.82) is 0 Å². The van der Waals surface area contributed by atoms with Gasteiger partial charge in [-0.1, -0.05) is 18.2 Å². The van der Waals surface area contributed by atoms with Gasteiger partial charge in [0.05, 0.1) is 4.88 Å². The summed E-state index contributed by atoms with van der Waals surface area (Å²) in [6, 6.07) is 20.5. The van der Waals surface area contributed by atoms with E-state index in [0.717, 1.165) is 15.9 Å². The van der Waals surface area contributed by atoms with Gasteiger partial charge in [-0.05, 0) is 54.8 Å². The van der Waals surface area contributed by atoms with Gasteiger partial charge in [0.2, 0.25) is 5.88 Å². The lowest BCUT2D eigenvalue weighted by atomic mass is 10.2. The number of aryl methyl sites for hydroxylation is 1. The zero-order chi connectivity index (χ0) is 21.2. The third-order valence-corrected chi connectivity index (χ3v) is 5.80. The number of benzene rings is 2. The molecule has 3 heterocycles. The molecule has 8 heteroatoms. The topological polar surface area (TPSA) is 81.9 Å². The Labute approximate surface area is 182 Å².